The Balaban J connectivity index is 1.68. The molecule has 33 heavy (non-hydrogen) atoms. The molecule has 0 spiro atoms. The van der Waals surface area contributed by atoms with Gasteiger partial charge in [0.05, 0.1) is 32.7 Å². The minimum Gasteiger partial charge on any atom is -0.352 e. The summed E-state index contributed by atoms with van der Waals surface area (Å²) in [6, 6.07) is 18.4. The number of fused-ring (bicyclic) bond motifs is 1. The molecule has 0 aromatic heterocycles. The molecule has 1 unspecified atom stereocenters. The van der Waals surface area contributed by atoms with E-state index >= 15 is 0 Å². The van der Waals surface area contributed by atoms with Crippen LogP contribution in [0.25, 0.3) is 0 Å². The monoisotopic (exact) mass is 503 g/mol. The van der Waals surface area contributed by atoms with Crippen LogP contribution in [0.4, 0.5) is 11.4 Å². The molecule has 1 atom stereocenters. The summed E-state index contributed by atoms with van der Waals surface area (Å²) in [5.41, 5.74) is 1.46. The predicted octanol–water partition coefficient (Wildman–Crippen LogP) is 4.22. The van der Waals surface area contributed by atoms with E-state index in [-0.39, 0.29) is 33.6 Å². The second-order valence-electron chi connectivity index (χ2n) is 7.37. The molecule has 7 nitrogen and oxygen atoms in total. The van der Waals surface area contributed by atoms with Crippen LogP contribution in [-0.2, 0) is 26.2 Å². The molecule has 3 aromatic carbocycles. The van der Waals surface area contributed by atoms with Gasteiger partial charge < -0.3 is 10.6 Å². The summed E-state index contributed by atoms with van der Waals surface area (Å²) in [4.78, 5) is 25.5. The van der Waals surface area contributed by atoms with Crippen LogP contribution in [-0.4, -0.2) is 26.3 Å². The third-order valence-electron chi connectivity index (χ3n) is 5.14. The van der Waals surface area contributed by atoms with Crippen molar-refractivity contribution in [2.45, 2.75) is 23.9 Å². The fourth-order valence-electron chi connectivity index (χ4n) is 3.53. The second-order valence-corrected chi connectivity index (χ2v) is 9.99. The summed E-state index contributed by atoms with van der Waals surface area (Å²) in [6.07, 6.45) is -0.368. The lowest BCUT2D eigenvalue weighted by molar-refractivity contribution is -0.125. The van der Waals surface area contributed by atoms with Gasteiger partial charge in [-0.25, -0.2) is 8.42 Å². The van der Waals surface area contributed by atoms with Gasteiger partial charge in [0, 0.05) is 6.54 Å². The number of benzene rings is 3. The summed E-state index contributed by atoms with van der Waals surface area (Å²) in [5, 5.41) is 5.69. The van der Waals surface area contributed by atoms with Gasteiger partial charge in [-0.3, -0.25) is 13.9 Å². The molecule has 1 aliphatic heterocycles. The average Bonchev–Trinajstić information content (AvgIpc) is 2.80. The molecule has 0 radical (unpaired) electrons. The van der Waals surface area contributed by atoms with E-state index in [1.165, 1.54) is 18.2 Å². The molecule has 170 valence electrons. The molecule has 3 aromatic rings. The number of nitrogens with one attached hydrogen (secondary N) is 2. The van der Waals surface area contributed by atoms with Crippen LogP contribution in [0.2, 0.25) is 10.0 Å². The van der Waals surface area contributed by atoms with E-state index in [9.17, 15) is 18.0 Å². The zero-order chi connectivity index (χ0) is 23.6. The number of nitrogens with zero attached hydrogens (tertiary/aromatic N) is 1. The maximum atomic E-state index is 13.6. The van der Waals surface area contributed by atoms with E-state index in [2.05, 4.69) is 10.6 Å². The van der Waals surface area contributed by atoms with Gasteiger partial charge in [0.2, 0.25) is 11.8 Å². The Morgan fingerprint density at radius 3 is 2.39 bits per heavy atom. The highest BCUT2D eigenvalue weighted by atomic mass is 35.5. The Labute approximate surface area is 201 Å². The molecular weight excluding hydrogens is 485 g/mol. The van der Waals surface area contributed by atoms with Crippen LogP contribution in [0.15, 0.2) is 77.7 Å². The first kappa shape index (κ1) is 23.1. The number of amides is 2. The van der Waals surface area contributed by atoms with Crippen molar-refractivity contribution in [3.05, 3.63) is 88.4 Å². The highest BCUT2D eigenvalue weighted by Crippen LogP contribution is 2.38. The third-order valence-corrected chi connectivity index (χ3v) is 7.70. The molecule has 0 bridgehead atoms. The zero-order valence-corrected chi connectivity index (χ0v) is 19.5. The number of sulfonamides is 1. The predicted molar refractivity (Wildman–Crippen MR) is 128 cm³/mol. The van der Waals surface area contributed by atoms with Crippen molar-refractivity contribution >= 4 is 56.4 Å². The van der Waals surface area contributed by atoms with Gasteiger partial charge >= 0.3 is 0 Å². The first-order valence-electron chi connectivity index (χ1n) is 9.97. The molecule has 0 fully saturated rings. The van der Waals surface area contributed by atoms with Crippen molar-refractivity contribution in [2.75, 3.05) is 9.62 Å². The third kappa shape index (κ3) is 4.83. The van der Waals surface area contributed by atoms with Crippen LogP contribution >= 0.6 is 23.2 Å². The van der Waals surface area contributed by atoms with E-state index in [4.69, 9.17) is 23.2 Å². The Morgan fingerprint density at radius 1 is 0.970 bits per heavy atom. The van der Waals surface area contributed by atoms with Gasteiger partial charge in [-0.2, -0.15) is 0 Å². The van der Waals surface area contributed by atoms with Crippen LogP contribution in [0, 0.1) is 0 Å². The van der Waals surface area contributed by atoms with Crippen LogP contribution in [0.1, 0.15) is 12.0 Å². The van der Waals surface area contributed by atoms with Crippen LogP contribution in [0.5, 0.6) is 0 Å². The Kier molecular flexibility index (Phi) is 6.60. The van der Waals surface area contributed by atoms with Crippen molar-refractivity contribution < 1.29 is 18.0 Å². The number of rotatable bonds is 6. The maximum absolute atomic E-state index is 13.6. The molecule has 4 rings (SSSR count). The summed E-state index contributed by atoms with van der Waals surface area (Å²) in [5.74, 6) is -1.07. The fourth-order valence-corrected chi connectivity index (χ4v) is 5.55. The lowest BCUT2D eigenvalue weighted by Crippen LogP contribution is -2.52. The lowest BCUT2D eigenvalue weighted by Gasteiger charge is -2.36. The second kappa shape index (κ2) is 9.43. The van der Waals surface area contributed by atoms with E-state index < -0.39 is 27.9 Å². The molecular formula is C23H19Cl2N3O4S. The molecule has 0 saturated heterocycles. The minimum absolute atomic E-state index is 0.0599. The van der Waals surface area contributed by atoms with E-state index in [0.29, 0.717) is 5.69 Å². The highest BCUT2D eigenvalue weighted by molar-refractivity contribution is 7.93. The SMILES string of the molecule is O=C(CC1C(=O)Nc2ccccc2N1S(=O)(=O)c1ccc(Cl)c(Cl)c1)NCc1ccccc1. The number of para-hydroxylation sites is 2. The van der Waals surface area contributed by atoms with Crippen molar-refractivity contribution in [1.82, 2.24) is 5.32 Å². The van der Waals surface area contributed by atoms with Gasteiger partial charge in [0.25, 0.3) is 10.0 Å². The van der Waals surface area contributed by atoms with Crippen molar-refractivity contribution in [3.8, 4) is 0 Å². The summed E-state index contributed by atoms with van der Waals surface area (Å²) in [6.45, 7) is 0.254. The maximum Gasteiger partial charge on any atom is 0.265 e. The smallest absolute Gasteiger partial charge is 0.265 e. The number of carbonyl (C=O) groups excluding carboxylic acids is 2. The Bertz CT molecular complexity index is 1320. The Hall–Kier alpha value is -3.07. The number of anilines is 2. The van der Waals surface area contributed by atoms with Gasteiger partial charge in [-0.15, -0.1) is 0 Å². The topological polar surface area (TPSA) is 95.6 Å². The first-order valence-corrected chi connectivity index (χ1v) is 12.2. The number of hydrogen-bond donors (Lipinski definition) is 2. The summed E-state index contributed by atoms with van der Waals surface area (Å²) < 4.78 is 28.3. The molecule has 2 N–H and O–H groups in total. The quantitative estimate of drug-likeness (QED) is 0.526. The summed E-state index contributed by atoms with van der Waals surface area (Å²) in [7, 11) is -4.26. The number of halogens is 2. The van der Waals surface area contributed by atoms with E-state index in [1.54, 1.807) is 24.3 Å². The summed E-state index contributed by atoms with van der Waals surface area (Å²) >= 11 is 12.0. The van der Waals surface area contributed by atoms with Crippen molar-refractivity contribution in [2.24, 2.45) is 0 Å². The standard InChI is InChI=1S/C23H19Cl2N3O4S/c24-17-11-10-16(12-18(17)25)33(31,32)28-20-9-5-4-8-19(20)27-23(30)21(28)13-22(29)26-14-15-6-2-1-3-7-15/h1-12,21H,13-14H2,(H,26,29)(H,27,30). The van der Waals surface area contributed by atoms with Gasteiger partial charge in [-0.1, -0.05) is 65.7 Å². The highest BCUT2D eigenvalue weighted by Gasteiger charge is 2.42. The molecule has 0 aliphatic carbocycles. The molecule has 2 amide bonds. The lowest BCUT2D eigenvalue weighted by atomic mass is 10.1. The van der Waals surface area contributed by atoms with Crippen molar-refractivity contribution in [1.29, 1.82) is 0 Å². The minimum atomic E-state index is -4.26. The van der Waals surface area contributed by atoms with E-state index in [1.807, 2.05) is 30.3 Å². The van der Waals surface area contributed by atoms with Crippen LogP contribution < -0.4 is 14.9 Å². The van der Waals surface area contributed by atoms with Crippen LogP contribution in [0.3, 0.4) is 0 Å². The average molecular weight is 504 g/mol. The normalized spacial score (nSPS) is 15.5. The van der Waals surface area contributed by atoms with Gasteiger partial charge in [0.15, 0.2) is 0 Å². The van der Waals surface area contributed by atoms with Crippen molar-refractivity contribution in [3.63, 3.8) is 0 Å². The van der Waals surface area contributed by atoms with Gasteiger partial charge in [-0.05, 0) is 35.9 Å². The first-order chi connectivity index (χ1) is 15.8. The zero-order valence-electron chi connectivity index (χ0n) is 17.2. The molecule has 1 aliphatic rings. The Morgan fingerprint density at radius 2 is 1.67 bits per heavy atom. The van der Waals surface area contributed by atoms with Gasteiger partial charge in [0.1, 0.15) is 6.04 Å². The number of carbonyl (C=O) groups is 2. The number of hydrogen-bond acceptors (Lipinski definition) is 4. The molecule has 10 heteroatoms. The largest absolute Gasteiger partial charge is 0.352 e. The molecule has 1 heterocycles. The fraction of sp³-hybridized carbons (Fsp3) is 0.130. The van der Waals surface area contributed by atoms with E-state index in [0.717, 1.165) is 9.87 Å². The molecule has 0 saturated carbocycles.